The molecule has 0 saturated carbocycles. The third-order valence-corrected chi connectivity index (χ3v) is 4.05. The Labute approximate surface area is 151 Å². The molecule has 2 aromatic carbocycles. The Balaban J connectivity index is 1.83. The minimum atomic E-state index is -0.728. The Morgan fingerprint density at radius 2 is 1.65 bits per heavy atom. The molecule has 1 amide bonds. The molecule has 0 aliphatic rings. The fourth-order valence-corrected chi connectivity index (χ4v) is 2.67. The lowest BCUT2D eigenvalue weighted by atomic mass is 10.1. The lowest BCUT2D eigenvalue weighted by molar-refractivity contribution is -0.112. The van der Waals surface area contributed by atoms with E-state index in [1.165, 1.54) is 0 Å². The summed E-state index contributed by atoms with van der Waals surface area (Å²) in [6, 6.07) is 16.2. The van der Waals surface area contributed by atoms with Gasteiger partial charge in [0, 0.05) is 12.7 Å². The van der Waals surface area contributed by atoms with Gasteiger partial charge in [-0.3, -0.25) is 14.3 Å². The molecule has 0 bridgehead atoms. The van der Waals surface area contributed by atoms with Gasteiger partial charge in [0.15, 0.2) is 5.75 Å². The maximum Gasteiger partial charge on any atom is 0.297 e. The quantitative estimate of drug-likeness (QED) is 0.564. The Hall–Kier alpha value is -3.41. The third kappa shape index (κ3) is 3.49. The number of anilines is 1. The van der Waals surface area contributed by atoms with Crippen LogP contribution in [0.2, 0.25) is 0 Å². The van der Waals surface area contributed by atoms with Crippen LogP contribution in [0.25, 0.3) is 0 Å². The molecule has 0 aliphatic carbocycles. The molecule has 0 atom stereocenters. The number of para-hydroxylation sites is 3. The van der Waals surface area contributed by atoms with Gasteiger partial charge in [0.05, 0.1) is 16.9 Å². The third-order valence-electron chi connectivity index (χ3n) is 4.05. The number of hydrogen-bond acceptors (Lipinski definition) is 4. The summed E-state index contributed by atoms with van der Waals surface area (Å²) in [6.07, 6.45) is 0. The van der Waals surface area contributed by atoms with Crippen molar-refractivity contribution in [3.05, 3.63) is 71.5 Å². The minimum Gasteiger partial charge on any atom is -0.455 e. The van der Waals surface area contributed by atoms with Crippen LogP contribution >= 0.6 is 0 Å². The molecule has 132 valence electrons. The first-order chi connectivity index (χ1) is 12.5. The van der Waals surface area contributed by atoms with E-state index in [9.17, 15) is 9.59 Å². The van der Waals surface area contributed by atoms with Crippen molar-refractivity contribution in [2.45, 2.75) is 13.8 Å². The van der Waals surface area contributed by atoms with Gasteiger partial charge in [-0.2, -0.15) is 5.10 Å². The highest BCUT2D eigenvalue weighted by Crippen LogP contribution is 2.29. The van der Waals surface area contributed by atoms with Crippen molar-refractivity contribution < 1.29 is 14.3 Å². The van der Waals surface area contributed by atoms with Crippen molar-refractivity contribution in [1.29, 1.82) is 0 Å². The molecule has 0 aliphatic heterocycles. The van der Waals surface area contributed by atoms with Gasteiger partial charge in [0.2, 0.25) is 0 Å². The van der Waals surface area contributed by atoms with Crippen LogP contribution in [-0.4, -0.2) is 21.5 Å². The van der Waals surface area contributed by atoms with E-state index in [-0.39, 0.29) is 0 Å². The Bertz CT molecular complexity index is 962. The van der Waals surface area contributed by atoms with Gasteiger partial charge in [0.25, 0.3) is 11.7 Å². The summed E-state index contributed by atoms with van der Waals surface area (Å²) in [5.74, 6) is -0.255. The zero-order valence-electron chi connectivity index (χ0n) is 14.8. The number of aromatic nitrogens is 2. The fourth-order valence-electron chi connectivity index (χ4n) is 2.67. The largest absolute Gasteiger partial charge is 0.455 e. The van der Waals surface area contributed by atoms with Gasteiger partial charge < -0.3 is 10.1 Å². The van der Waals surface area contributed by atoms with Crippen LogP contribution in [0.3, 0.4) is 0 Å². The maximum atomic E-state index is 12.6. The summed E-state index contributed by atoms with van der Waals surface area (Å²) in [4.78, 5) is 25.0. The summed E-state index contributed by atoms with van der Waals surface area (Å²) < 4.78 is 7.39. The highest BCUT2D eigenvalue weighted by atomic mass is 16.5. The number of amides is 1. The number of carbonyl (C=O) groups is 2. The van der Waals surface area contributed by atoms with Crippen molar-refractivity contribution in [2.24, 2.45) is 7.05 Å². The summed E-state index contributed by atoms with van der Waals surface area (Å²) in [7, 11) is 1.74. The highest BCUT2D eigenvalue weighted by Gasteiger charge is 2.24. The number of hydrogen-bond donors (Lipinski definition) is 1. The molecule has 0 unspecified atom stereocenters. The second-order valence-electron chi connectivity index (χ2n) is 5.86. The monoisotopic (exact) mass is 349 g/mol. The zero-order chi connectivity index (χ0) is 18.7. The number of ketones is 1. The van der Waals surface area contributed by atoms with Crippen LogP contribution in [0, 0.1) is 13.8 Å². The van der Waals surface area contributed by atoms with Crippen LogP contribution in [0.4, 0.5) is 5.69 Å². The van der Waals surface area contributed by atoms with Crippen LogP contribution in [0.15, 0.2) is 54.6 Å². The zero-order valence-corrected chi connectivity index (χ0v) is 14.8. The number of nitrogens with zero attached hydrogens (tertiary/aromatic N) is 2. The smallest absolute Gasteiger partial charge is 0.297 e. The standard InChI is InChI=1S/C20H19N3O3/c1-13-18(14(2)23(3)22-13)19(24)20(25)21-16-11-7-8-12-17(16)26-15-9-5-4-6-10-15/h4-12H,1-3H3,(H,21,25). The Morgan fingerprint density at radius 3 is 2.31 bits per heavy atom. The van der Waals surface area contributed by atoms with E-state index in [0.29, 0.717) is 34.1 Å². The molecule has 1 aromatic heterocycles. The molecule has 6 heteroatoms. The minimum absolute atomic E-state index is 0.325. The van der Waals surface area contributed by atoms with Crippen LogP contribution in [-0.2, 0) is 11.8 Å². The number of aryl methyl sites for hydroxylation is 2. The number of Topliss-reactive ketones (excluding diaryl/α,β-unsaturated/α-hetero) is 1. The van der Waals surface area contributed by atoms with Gasteiger partial charge in [-0.05, 0) is 38.1 Å². The molecule has 0 fully saturated rings. The lowest BCUT2D eigenvalue weighted by Crippen LogP contribution is -2.24. The lowest BCUT2D eigenvalue weighted by Gasteiger charge is -2.12. The van der Waals surface area contributed by atoms with Crippen molar-refractivity contribution in [3.8, 4) is 11.5 Å². The van der Waals surface area contributed by atoms with Crippen molar-refractivity contribution in [2.75, 3.05) is 5.32 Å². The Morgan fingerprint density at radius 1 is 1.00 bits per heavy atom. The number of nitrogens with one attached hydrogen (secondary N) is 1. The molecule has 3 aromatic rings. The molecular weight excluding hydrogens is 330 g/mol. The molecule has 0 radical (unpaired) electrons. The second-order valence-corrected chi connectivity index (χ2v) is 5.86. The first kappa shape index (κ1) is 17.4. The number of rotatable bonds is 5. The van der Waals surface area contributed by atoms with E-state index >= 15 is 0 Å². The molecule has 0 spiro atoms. The normalized spacial score (nSPS) is 10.4. The van der Waals surface area contributed by atoms with Crippen LogP contribution in [0.1, 0.15) is 21.7 Å². The maximum absolute atomic E-state index is 12.6. The van der Waals surface area contributed by atoms with E-state index in [1.807, 2.05) is 30.3 Å². The SMILES string of the molecule is Cc1nn(C)c(C)c1C(=O)C(=O)Nc1ccccc1Oc1ccccc1. The van der Waals surface area contributed by atoms with Gasteiger partial charge in [0.1, 0.15) is 5.75 Å². The van der Waals surface area contributed by atoms with Gasteiger partial charge in [-0.1, -0.05) is 30.3 Å². The van der Waals surface area contributed by atoms with E-state index in [1.54, 1.807) is 49.8 Å². The average molecular weight is 349 g/mol. The van der Waals surface area contributed by atoms with Crippen molar-refractivity contribution in [1.82, 2.24) is 9.78 Å². The predicted molar refractivity (Wildman–Crippen MR) is 98.6 cm³/mol. The molecule has 0 saturated heterocycles. The summed E-state index contributed by atoms with van der Waals surface area (Å²) >= 11 is 0. The molecule has 3 rings (SSSR count). The molecular formula is C20H19N3O3. The number of benzene rings is 2. The first-order valence-electron chi connectivity index (χ1n) is 8.15. The summed E-state index contributed by atoms with van der Waals surface area (Å²) in [6.45, 7) is 3.47. The fraction of sp³-hybridized carbons (Fsp3) is 0.150. The van der Waals surface area contributed by atoms with E-state index in [2.05, 4.69) is 10.4 Å². The van der Waals surface area contributed by atoms with Crippen molar-refractivity contribution in [3.63, 3.8) is 0 Å². The van der Waals surface area contributed by atoms with Gasteiger partial charge >= 0.3 is 0 Å². The molecule has 1 N–H and O–H groups in total. The average Bonchev–Trinajstić information content (AvgIpc) is 2.89. The predicted octanol–water partition coefficient (Wildman–Crippen LogP) is 3.65. The summed E-state index contributed by atoms with van der Waals surface area (Å²) in [5, 5.41) is 6.83. The first-order valence-corrected chi connectivity index (χ1v) is 8.15. The number of carbonyl (C=O) groups excluding carboxylic acids is 2. The molecule has 1 heterocycles. The number of ether oxygens (including phenoxy) is 1. The Kier molecular flexibility index (Phi) is 4.84. The van der Waals surface area contributed by atoms with E-state index in [4.69, 9.17) is 4.74 Å². The highest BCUT2D eigenvalue weighted by molar-refractivity contribution is 6.47. The van der Waals surface area contributed by atoms with Gasteiger partial charge in [-0.25, -0.2) is 0 Å². The second kappa shape index (κ2) is 7.23. The summed E-state index contributed by atoms with van der Waals surface area (Å²) in [5.41, 5.74) is 1.93. The van der Waals surface area contributed by atoms with Crippen LogP contribution < -0.4 is 10.1 Å². The molecule has 6 nitrogen and oxygen atoms in total. The van der Waals surface area contributed by atoms with Crippen LogP contribution in [0.5, 0.6) is 11.5 Å². The van der Waals surface area contributed by atoms with E-state index in [0.717, 1.165) is 0 Å². The topological polar surface area (TPSA) is 73.2 Å². The van der Waals surface area contributed by atoms with E-state index < -0.39 is 11.7 Å². The molecule has 26 heavy (non-hydrogen) atoms. The van der Waals surface area contributed by atoms with Gasteiger partial charge in [-0.15, -0.1) is 0 Å². The van der Waals surface area contributed by atoms with Crippen molar-refractivity contribution >= 4 is 17.4 Å².